The Morgan fingerprint density at radius 3 is 2.57 bits per heavy atom. The number of amides is 1. The van der Waals surface area contributed by atoms with Gasteiger partial charge >= 0.3 is 5.97 Å². The second-order valence-electron chi connectivity index (χ2n) is 5.00. The van der Waals surface area contributed by atoms with Gasteiger partial charge in [-0.2, -0.15) is 5.10 Å². The monoisotopic (exact) mass is 335 g/mol. The van der Waals surface area contributed by atoms with E-state index in [-0.39, 0.29) is 24.5 Å². The highest BCUT2D eigenvalue weighted by Crippen LogP contribution is 2.20. The molecule has 2 rings (SSSR count). The number of carbonyl (C=O) groups excluding carboxylic acids is 2. The van der Waals surface area contributed by atoms with Gasteiger partial charge in [-0.25, -0.2) is 4.79 Å². The molecule has 122 valence electrons. The highest BCUT2D eigenvalue weighted by atomic mass is 35.5. The fraction of sp³-hybridized carbons (Fsp3) is 0.312. The van der Waals surface area contributed by atoms with Gasteiger partial charge in [-0.1, -0.05) is 23.7 Å². The fourth-order valence-corrected chi connectivity index (χ4v) is 2.34. The molecule has 1 heterocycles. The van der Waals surface area contributed by atoms with Crippen LogP contribution >= 0.6 is 11.6 Å². The molecule has 0 aliphatic heterocycles. The molecule has 0 atom stereocenters. The molecular formula is C16H18ClN3O3. The number of benzene rings is 1. The first kappa shape index (κ1) is 17.0. The lowest BCUT2D eigenvalue weighted by molar-refractivity contribution is -0.115. The van der Waals surface area contributed by atoms with E-state index in [1.807, 2.05) is 0 Å². The van der Waals surface area contributed by atoms with E-state index in [0.29, 0.717) is 16.5 Å². The summed E-state index contributed by atoms with van der Waals surface area (Å²) >= 11 is 5.82. The summed E-state index contributed by atoms with van der Waals surface area (Å²) in [5, 5.41) is 7.51. The molecule has 0 aliphatic carbocycles. The zero-order chi connectivity index (χ0) is 17.0. The van der Waals surface area contributed by atoms with Crippen molar-refractivity contribution in [1.82, 2.24) is 9.78 Å². The summed E-state index contributed by atoms with van der Waals surface area (Å²) in [5.74, 6) is -0.416. The number of rotatable bonds is 5. The summed E-state index contributed by atoms with van der Waals surface area (Å²) < 4.78 is 6.48. The van der Waals surface area contributed by atoms with Crippen molar-refractivity contribution >= 4 is 29.3 Å². The Balaban J connectivity index is 2.17. The molecule has 0 aliphatic rings. The minimum atomic E-state index is -0.500. The van der Waals surface area contributed by atoms with Gasteiger partial charge in [0.15, 0.2) is 0 Å². The molecule has 0 saturated heterocycles. The van der Waals surface area contributed by atoms with Gasteiger partial charge in [0.2, 0.25) is 5.91 Å². The SMILES string of the molecule is CCOC(=O)c1c(C)nn(C)c1NC(=O)Cc1ccc(Cl)cc1. The third kappa shape index (κ3) is 4.10. The third-order valence-corrected chi connectivity index (χ3v) is 3.49. The number of anilines is 1. The number of aryl methyl sites for hydroxylation is 2. The quantitative estimate of drug-likeness (QED) is 0.853. The molecule has 0 bridgehead atoms. The summed E-state index contributed by atoms with van der Waals surface area (Å²) in [4.78, 5) is 24.3. The van der Waals surface area contributed by atoms with E-state index in [1.165, 1.54) is 4.68 Å². The molecule has 1 aromatic carbocycles. The van der Waals surface area contributed by atoms with Crippen LogP contribution in [0.2, 0.25) is 5.02 Å². The first-order valence-electron chi connectivity index (χ1n) is 7.17. The van der Waals surface area contributed by atoms with Crippen LogP contribution in [0.1, 0.15) is 28.5 Å². The zero-order valence-electron chi connectivity index (χ0n) is 13.2. The maximum atomic E-state index is 12.2. The molecule has 1 N–H and O–H groups in total. The van der Waals surface area contributed by atoms with Crippen molar-refractivity contribution in [3.05, 3.63) is 46.1 Å². The van der Waals surface area contributed by atoms with E-state index < -0.39 is 5.97 Å². The highest BCUT2D eigenvalue weighted by Gasteiger charge is 2.22. The molecule has 0 fully saturated rings. The van der Waals surface area contributed by atoms with E-state index in [0.717, 1.165) is 5.56 Å². The van der Waals surface area contributed by atoms with Gasteiger partial charge < -0.3 is 10.1 Å². The van der Waals surface area contributed by atoms with E-state index in [4.69, 9.17) is 16.3 Å². The standard InChI is InChI=1S/C16H18ClN3O3/c1-4-23-16(22)14-10(2)19-20(3)15(14)18-13(21)9-11-5-7-12(17)8-6-11/h5-8H,4,9H2,1-3H3,(H,18,21). The van der Waals surface area contributed by atoms with Gasteiger partial charge in [-0.15, -0.1) is 0 Å². The van der Waals surface area contributed by atoms with Gasteiger partial charge in [-0.3, -0.25) is 9.48 Å². The normalized spacial score (nSPS) is 10.4. The number of hydrogen-bond acceptors (Lipinski definition) is 4. The highest BCUT2D eigenvalue weighted by molar-refractivity contribution is 6.30. The summed E-state index contributed by atoms with van der Waals surface area (Å²) in [6.07, 6.45) is 0.170. The van der Waals surface area contributed by atoms with Crippen molar-refractivity contribution in [1.29, 1.82) is 0 Å². The largest absolute Gasteiger partial charge is 0.462 e. The minimum absolute atomic E-state index is 0.170. The molecule has 1 amide bonds. The van der Waals surface area contributed by atoms with Crippen LogP contribution in [0, 0.1) is 6.92 Å². The molecule has 0 unspecified atom stereocenters. The van der Waals surface area contributed by atoms with Crippen LogP contribution in [-0.2, 0) is 23.0 Å². The lowest BCUT2D eigenvalue weighted by atomic mass is 10.1. The van der Waals surface area contributed by atoms with E-state index in [2.05, 4.69) is 10.4 Å². The number of aromatic nitrogens is 2. The van der Waals surface area contributed by atoms with Crippen LogP contribution in [0.5, 0.6) is 0 Å². The molecule has 2 aromatic rings. The van der Waals surface area contributed by atoms with Gasteiger partial charge in [0.1, 0.15) is 11.4 Å². The maximum absolute atomic E-state index is 12.2. The van der Waals surface area contributed by atoms with Crippen molar-refractivity contribution in [2.45, 2.75) is 20.3 Å². The molecule has 7 heteroatoms. The number of ether oxygens (including phenoxy) is 1. The van der Waals surface area contributed by atoms with Crippen LogP contribution in [0.3, 0.4) is 0 Å². The average molecular weight is 336 g/mol. The summed E-state index contributed by atoms with van der Waals surface area (Å²) in [7, 11) is 1.66. The Labute approximate surface area is 139 Å². The zero-order valence-corrected chi connectivity index (χ0v) is 14.0. The van der Waals surface area contributed by atoms with Crippen molar-refractivity contribution in [3.8, 4) is 0 Å². The van der Waals surface area contributed by atoms with Gasteiger partial charge in [0.05, 0.1) is 18.7 Å². The Kier molecular flexibility index (Phi) is 5.39. The first-order valence-corrected chi connectivity index (χ1v) is 7.55. The topological polar surface area (TPSA) is 73.2 Å². The maximum Gasteiger partial charge on any atom is 0.343 e. The summed E-state index contributed by atoms with van der Waals surface area (Å²) in [6, 6.07) is 7.01. The molecule has 1 aromatic heterocycles. The molecule has 0 radical (unpaired) electrons. The summed E-state index contributed by atoms with van der Waals surface area (Å²) in [5.41, 5.74) is 1.61. The predicted molar refractivity (Wildman–Crippen MR) is 87.7 cm³/mol. The first-order chi connectivity index (χ1) is 10.9. The van der Waals surface area contributed by atoms with E-state index in [1.54, 1.807) is 45.2 Å². The predicted octanol–water partition coefficient (Wildman–Crippen LogP) is 2.74. The Hall–Kier alpha value is -2.34. The lowest BCUT2D eigenvalue weighted by Crippen LogP contribution is -2.19. The van der Waals surface area contributed by atoms with Gasteiger partial charge in [0, 0.05) is 12.1 Å². The van der Waals surface area contributed by atoms with Crippen molar-refractivity contribution in [2.24, 2.45) is 7.05 Å². The van der Waals surface area contributed by atoms with Gasteiger partial charge in [-0.05, 0) is 31.5 Å². The smallest absolute Gasteiger partial charge is 0.343 e. The number of nitrogens with zero attached hydrogens (tertiary/aromatic N) is 2. The van der Waals surface area contributed by atoms with Crippen LogP contribution in [-0.4, -0.2) is 28.3 Å². The van der Waals surface area contributed by atoms with Crippen LogP contribution in [0.25, 0.3) is 0 Å². The Morgan fingerprint density at radius 2 is 1.96 bits per heavy atom. The van der Waals surface area contributed by atoms with Crippen molar-refractivity contribution in [2.75, 3.05) is 11.9 Å². The fourth-order valence-electron chi connectivity index (χ4n) is 2.21. The van der Waals surface area contributed by atoms with Crippen molar-refractivity contribution in [3.63, 3.8) is 0 Å². The van der Waals surface area contributed by atoms with Gasteiger partial charge in [0.25, 0.3) is 0 Å². The second-order valence-corrected chi connectivity index (χ2v) is 5.44. The molecule has 23 heavy (non-hydrogen) atoms. The van der Waals surface area contributed by atoms with Crippen LogP contribution < -0.4 is 5.32 Å². The van der Waals surface area contributed by atoms with Crippen molar-refractivity contribution < 1.29 is 14.3 Å². The Morgan fingerprint density at radius 1 is 1.30 bits per heavy atom. The number of hydrogen-bond donors (Lipinski definition) is 1. The van der Waals surface area contributed by atoms with Crippen LogP contribution in [0.4, 0.5) is 5.82 Å². The third-order valence-electron chi connectivity index (χ3n) is 3.24. The van der Waals surface area contributed by atoms with E-state index >= 15 is 0 Å². The molecule has 0 saturated carbocycles. The average Bonchev–Trinajstić information content (AvgIpc) is 2.76. The molecular weight excluding hydrogens is 318 g/mol. The number of nitrogens with one attached hydrogen (secondary N) is 1. The molecule has 0 spiro atoms. The summed E-state index contributed by atoms with van der Waals surface area (Å²) in [6.45, 7) is 3.68. The number of esters is 1. The number of carbonyl (C=O) groups is 2. The minimum Gasteiger partial charge on any atom is -0.462 e. The number of halogens is 1. The molecule has 6 nitrogen and oxygen atoms in total. The van der Waals surface area contributed by atoms with Crippen LogP contribution in [0.15, 0.2) is 24.3 Å². The van der Waals surface area contributed by atoms with E-state index in [9.17, 15) is 9.59 Å². The lowest BCUT2D eigenvalue weighted by Gasteiger charge is -2.08. The Bertz CT molecular complexity index is 723. The second kappa shape index (κ2) is 7.28.